The molecule has 0 bridgehead atoms. The van der Waals surface area contributed by atoms with E-state index in [0.29, 0.717) is 37.0 Å². The van der Waals surface area contributed by atoms with Crippen LogP contribution in [0.2, 0.25) is 0 Å². The Morgan fingerprint density at radius 1 is 1.44 bits per heavy atom. The van der Waals surface area contributed by atoms with Crippen LogP contribution in [0.25, 0.3) is 0 Å². The molecule has 5 heteroatoms. The van der Waals surface area contributed by atoms with Gasteiger partial charge in [-0.05, 0) is 25.7 Å². The van der Waals surface area contributed by atoms with E-state index in [1.165, 1.54) is 0 Å². The second kappa shape index (κ2) is 6.48. The monoisotopic (exact) mass is 272 g/mol. The molecule has 0 atom stereocenters. The molecule has 1 fully saturated rings. The highest BCUT2D eigenvalue weighted by molar-refractivity contribution is 7.80. The quantitative estimate of drug-likeness (QED) is 0.684. The van der Waals surface area contributed by atoms with Crippen molar-refractivity contribution >= 4 is 23.1 Å². The van der Waals surface area contributed by atoms with Gasteiger partial charge < -0.3 is 15.4 Å². The maximum Gasteiger partial charge on any atom is 0.235 e. The zero-order chi connectivity index (χ0) is 13.8. The lowest BCUT2D eigenvalue weighted by atomic mass is 9.80. The van der Waals surface area contributed by atoms with Gasteiger partial charge in [-0.2, -0.15) is 0 Å². The first-order chi connectivity index (χ1) is 8.53. The molecule has 18 heavy (non-hydrogen) atoms. The lowest BCUT2D eigenvalue weighted by molar-refractivity contribution is -0.140. The van der Waals surface area contributed by atoms with E-state index in [-0.39, 0.29) is 5.91 Å². The minimum absolute atomic E-state index is 0.0829. The Hall–Kier alpha value is -0.680. The molecule has 4 nitrogen and oxygen atoms in total. The van der Waals surface area contributed by atoms with Crippen molar-refractivity contribution in [1.82, 2.24) is 4.90 Å². The molecule has 0 aromatic carbocycles. The summed E-state index contributed by atoms with van der Waals surface area (Å²) in [4.78, 5) is 15.0. The minimum atomic E-state index is -0.675. The smallest absolute Gasteiger partial charge is 0.235 e. The van der Waals surface area contributed by atoms with Crippen LogP contribution in [-0.2, 0) is 9.53 Å². The van der Waals surface area contributed by atoms with Crippen LogP contribution in [0.5, 0.6) is 0 Å². The number of methoxy groups -OCH3 is 1. The Morgan fingerprint density at radius 2 is 2.00 bits per heavy atom. The number of thiocarbonyl (C=S) groups is 1. The van der Waals surface area contributed by atoms with Crippen molar-refractivity contribution in [1.29, 1.82) is 0 Å². The normalized spacial score (nSPS) is 15.5. The number of carbonyl (C=O) groups excluding carboxylic acids is 1. The molecule has 1 rings (SSSR count). The number of rotatable bonds is 8. The van der Waals surface area contributed by atoms with Crippen molar-refractivity contribution < 1.29 is 9.53 Å². The van der Waals surface area contributed by atoms with E-state index in [1.807, 2.05) is 18.7 Å². The third kappa shape index (κ3) is 3.01. The molecule has 2 N–H and O–H groups in total. The van der Waals surface area contributed by atoms with Gasteiger partial charge in [-0.25, -0.2) is 0 Å². The lowest BCUT2D eigenvalue weighted by Gasteiger charge is -2.35. The van der Waals surface area contributed by atoms with E-state index in [1.54, 1.807) is 7.11 Å². The lowest BCUT2D eigenvalue weighted by Crippen LogP contribution is -2.51. The summed E-state index contributed by atoms with van der Waals surface area (Å²) in [6.07, 6.45) is 3.48. The Morgan fingerprint density at radius 3 is 2.33 bits per heavy atom. The van der Waals surface area contributed by atoms with Crippen molar-refractivity contribution in [3.63, 3.8) is 0 Å². The van der Waals surface area contributed by atoms with Gasteiger partial charge in [-0.15, -0.1) is 0 Å². The molecule has 1 amide bonds. The van der Waals surface area contributed by atoms with Crippen molar-refractivity contribution in [2.24, 2.45) is 11.1 Å². The Bertz CT molecular complexity index is 312. The van der Waals surface area contributed by atoms with Crippen LogP contribution in [0, 0.1) is 5.41 Å². The third-order valence-electron chi connectivity index (χ3n) is 3.87. The summed E-state index contributed by atoms with van der Waals surface area (Å²) in [5, 5.41) is 0. The van der Waals surface area contributed by atoms with E-state index in [9.17, 15) is 4.79 Å². The number of nitrogens with zero attached hydrogens (tertiary/aromatic N) is 1. The standard InChI is InChI=1S/C13H24N2O2S/c1-4-13(5-2,11(14)18)12(16)15(8-9-17-3)10-6-7-10/h10H,4-9H2,1-3H3,(H2,14,18). The molecule has 0 saturated heterocycles. The summed E-state index contributed by atoms with van der Waals surface area (Å²) in [5.74, 6) is 0.0829. The first-order valence-electron chi connectivity index (χ1n) is 6.63. The molecule has 0 aliphatic heterocycles. The van der Waals surface area contributed by atoms with E-state index in [2.05, 4.69) is 0 Å². The van der Waals surface area contributed by atoms with Crippen molar-refractivity contribution in [3.8, 4) is 0 Å². The highest BCUT2D eigenvalue weighted by Crippen LogP contribution is 2.35. The van der Waals surface area contributed by atoms with Gasteiger partial charge in [-0.3, -0.25) is 4.79 Å². The zero-order valence-corrected chi connectivity index (χ0v) is 12.4. The summed E-state index contributed by atoms with van der Waals surface area (Å²) >= 11 is 5.14. The van der Waals surface area contributed by atoms with E-state index < -0.39 is 5.41 Å². The Kier molecular flexibility index (Phi) is 5.53. The van der Waals surface area contributed by atoms with Gasteiger partial charge in [-0.1, -0.05) is 26.1 Å². The van der Waals surface area contributed by atoms with Gasteiger partial charge in [0.15, 0.2) is 0 Å². The summed E-state index contributed by atoms with van der Waals surface area (Å²) in [6, 6.07) is 0.361. The first-order valence-corrected chi connectivity index (χ1v) is 7.04. The van der Waals surface area contributed by atoms with E-state index >= 15 is 0 Å². The molecule has 0 aromatic heterocycles. The highest BCUT2D eigenvalue weighted by Gasteiger charge is 2.44. The number of hydrogen-bond donors (Lipinski definition) is 1. The van der Waals surface area contributed by atoms with Crippen LogP contribution < -0.4 is 5.73 Å². The highest BCUT2D eigenvalue weighted by atomic mass is 32.1. The van der Waals surface area contributed by atoms with Gasteiger partial charge >= 0.3 is 0 Å². The molecule has 0 aromatic rings. The predicted octanol–water partition coefficient (Wildman–Crippen LogP) is 1.72. The average molecular weight is 272 g/mol. The van der Waals surface area contributed by atoms with Crippen LogP contribution in [-0.4, -0.2) is 42.1 Å². The number of amides is 1. The Balaban J connectivity index is 2.88. The number of hydrogen-bond acceptors (Lipinski definition) is 3. The van der Waals surface area contributed by atoms with Gasteiger partial charge in [0.05, 0.1) is 17.0 Å². The van der Waals surface area contributed by atoms with Crippen LogP contribution in [0.4, 0.5) is 0 Å². The molecular formula is C13H24N2O2S. The molecular weight excluding hydrogens is 248 g/mol. The molecule has 1 aliphatic carbocycles. The zero-order valence-electron chi connectivity index (χ0n) is 11.6. The maximum absolute atomic E-state index is 12.8. The topological polar surface area (TPSA) is 55.6 Å². The van der Waals surface area contributed by atoms with Gasteiger partial charge in [0.25, 0.3) is 0 Å². The largest absolute Gasteiger partial charge is 0.392 e. The second-order valence-electron chi connectivity index (χ2n) is 4.88. The molecule has 0 heterocycles. The number of ether oxygens (including phenoxy) is 1. The van der Waals surface area contributed by atoms with Crippen LogP contribution in [0.3, 0.4) is 0 Å². The molecule has 1 saturated carbocycles. The second-order valence-corrected chi connectivity index (χ2v) is 5.32. The van der Waals surface area contributed by atoms with Crippen molar-refractivity contribution in [2.45, 2.75) is 45.6 Å². The van der Waals surface area contributed by atoms with E-state index in [4.69, 9.17) is 22.7 Å². The summed E-state index contributed by atoms with van der Waals surface area (Å²) in [7, 11) is 1.65. The molecule has 104 valence electrons. The predicted molar refractivity (Wildman–Crippen MR) is 76.4 cm³/mol. The van der Waals surface area contributed by atoms with Crippen LogP contribution in [0.1, 0.15) is 39.5 Å². The molecule has 0 unspecified atom stereocenters. The first kappa shape index (κ1) is 15.4. The average Bonchev–Trinajstić information content (AvgIpc) is 3.16. The SMILES string of the molecule is CCC(CC)(C(=O)N(CCOC)C1CC1)C(N)=S. The molecule has 1 aliphatic rings. The van der Waals surface area contributed by atoms with Crippen molar-refractivity contribution in [2.75, 3.05) is 20.3 Å². The fraction of sp³-hybridized carbons (Fsp3) is 0.846. The molecule has 0 spiro atoms. The minimum Gasteiger partial charge on any atom is -0.392 e. The number of nitrogens with two attached hydrogens (primary N) is 1. The number of carbonyl (C=O) groups is 1. The summed E-state index contributed by atoms with van der Waals surface area (Å²) < 4.78 is 5.08. The van der Waals surface area contributed by atoms with Crippen LogP contribution in [0.15, 0.2) is 0 Å². The van der Waals surface area contributed by atoms with Gasteiger partial charge in [0.2, 0.25) is 5.91 Å². The van der Waals surface area contributed by atoms with Gasteiger partial charge in [0, 0.05) is 19.7 Å². The fourth-order valence-electron chi connectivity index (χ4n) is 2.31. The van der Waals surface area contributed by atoms with E-state index in [0.717, 1.165) is 12.8 Å². The van der Waals surface area contributed by atoms with Crippen LogP contribution >= 0.6 is 12.2 Å². The summed E-state index contributed by atoms with van der Waals surface area (Å²) in [6.45, 7) is 5.14. The summed E-state index contributed by atoms with van der Waals surface area (Å²) in [5.41, 5.74) is 5.16. The molecule has 0 radical (unpaired) electrons. The van der Waals surface area contributed by atoms with Gasteiger partial charge in [0.1, 0.15) is 0 Å². The Labute approximate surface area is 115 Å². The maximum atomic E-state index is 12.8. The fourth-order valence-corrected chi connectivity index (χ4v) is 2.68. The third-order valence-corrected chi connectivity index (χ3v) is 4.26. The van der Waals surface area contributed by atoms with Crippen molar-refractivity contribution in [3.05, 3.63) is 0 Å².